The topological polar surface area (TPSA) is 92.6 Å². The molecule has 1 amide bonds. The van der Waals surface area contributed by atoms with Gasteiger partial charge in [0.1, 0.15) is 0 Å². The molecule has 0 saturated heterocycles. The molecule has 2 atom stereocenters. The molecule has 1 fully saturated rings. The van der Waals surface area contributed by atoms with Crippen molar-refractivity contribution in [3.05, 3.63) is 28.5 Å². The molecule has 3 rings (SSSR count). The van der Waals surface area contributed by atoms with Gasteiger partial charge >= 0.3 is 0 Å². The Hall–Kier alpha value is -1.60. The normalized spacial score (nSPS) is 17.7. The lowest BCUT2D eigenvalue weighted by atomic mass is 10.1. The quantitative estimate of drug-likeness (QED) is 0.764. The van der Waals surface area contributed by atoms with E-state index in [0.29, 0.717) is 17.2 Å². The number of aliphatic hydroxyl groups is 1. The number of rotatable bonds is 5. The number of aromatic nitrogens is 2. The van der Waals surface area contributed by atoms with E-state index in [1.54, 1.807) is 10.7 Å². The number of nitrogens with zero attached hydrogens (tertiary/aromatic N) is 2. The molecule has 1 unspecified atom stereocenters. The smallest absolute Gasteiger partial charge is 0.252 e. The van der Waals surface area contributed by atoms with E-state index in [1.807, 2.05) is 13.0 Å². The van der Waals surface area contributed by atoms with Gasteiger partial charge < -0.3 is 16.2 Å². The third-order valence-electron chi connectivity index (χ3n) is 3.86. The first kappa shape index (κ1) is 14.3. The molecular weight excluding hydrogens is 336 g/mol. The number of fused-ring (bicyclic) bond motifs is 1. The van der Waals surface area contributed by atoms with E-state index in [0.717, 1.165) is 22.8 Å². The highest BCUT2D eigenvalue weighted by Gasteiger charge is 2.33. The number of carbonyl (C=O) groups is 1. The Balaban J connectivity index is 2.01. The van der Waals surface area contributed by atoms with E-state index >= 15 is 0 Å². The van der Waals surface area contributed by atoms with Crippen LogP contribution in [0.4, 0.5) is 5.69 Å². The number of amides is 1. The summed E-state index contributed by atoms with van der Waals surface area (Å²) in [6.07, 6.45) is 4.92. The Labute approximate surface area is 130 Å². The van der Waals surface area contributed by atoms with E-state index < -0.39 is 12.0 Å². The maximum atomic E-state index is 11.6. The highest BCUT2D eigenvalue weighted by molar-refractivity contribution is 9.10. The number of nitrogens with two attached hydrogens (primary N) is 1. The van der Waals surface area contributed by atoms with Crippen LogP contribution in [-0.4, -0.2) is 32.8 Å². The molecule has 2 heterocycles. The summed E-state index contributed by atoms with van der Waals surface area (Å²) in [4.78, 5) is 11.6. The minimum absolute atomic E-state index is 0.171. The van der Waals surface area contributed by atoms with E-state index in [9.17, 15) is 9.90 Å². The zero-order valence-electron chi connectivity index (χ0n) is 11.6. The maximum absolute atomic E-state index is 11.6. The van der Waals surface area contributed by atoms with E-state index in [-0.39, 0.29) is 6.04 Å². The monoisotopic (exact) mass is 352 g/mol. The fraction of sp³-hybridized carbons (Fsp3) is 0.429. The number of hydrogen-bond acceptors (Lipinski definition) is 4. The van der Waals surface area contributed by atoms with Crippen LogP contribution in [0.2, 0.25) is 0 Å². The lowest BCUT2D eigenvalue weighted by Crippen LogP contribution is -2.33. The van der Waals surface area contributed by atoms with Crippen molar-refractivity contribution in [2.45, 2.75) is 31.9 Å². The Kier molecular flexibility index (Phi) is 3.62. The van der Waals surface area contributed by atoms with Crippen LogP contribution in [0.1, 0.15) is 30.1 Å². The second-order valence-corrected chi connectivity index (χ2v) is 6.46. The summed E-state index contributed by atoms with van der Waals surface area (Å²) in [6.45, 7) is 1.91. The minimum atomic E-state index is -0.544. The number of carbonyl (C=O) groups excluding carboxylic acids is 1. The van der Waals surface area contributed by atoms with Gasteiger partial charge in [0.05, 0.1) is 29.1 Å². The summed E-state index contributed by atoms with van der Waals surface area (Å²) in [5.41, 5.74) is 7.11. The number of aliphatic hydroxyl groups excluding tert-OH is 1. The van der Waals surface area contributed by atoms with Crippen LogP contribution < -0.4 is 11.1 Å². The summed E-state index contributed by atoms with van der Waals surface area (Å²) in [6, 6.07) is 1.69. The Morgan fingerprint density at radius 3 is 2.95 bits per heavy atom. The van der Waals surface area contributed by atoms with Crippen molar-refractivity contribution >= 4 is 33.0 Å². The van der Waals surface area contributed by atoms with Crippen LogP contribution >= 0.6 is 15.9 Å². The Morgan fingerprint density at radius 1 is 1.62 bits per heavy atom. The van der Waals surface area contributed by atoms with Crippen molar-refractivity contribution in [2.24, 2.45) is 11.7 Å². The van der Waals surface area contributed by atoms with Gasteiger partial charge in [0.15, 0.2) is 0 Å². The van der Waals surface area contributed by atoms with Gasteiger partial charge in [-0.1, -0.05) is 0 Å². The number of hydrogen-bond donors (Lipinski definition) is 3. The second-order valence-electron chi connectivity index (χ2n) is 5.55. The van der Waals surface area contributed by atoms with Crippen molar-refractivity contribution in [3.63, 3.8) is 0 Å². The SMILES string of the molecule is C[C@@H](Nc1c(C(N)=O)cnn2cc(Br)cc12)C(O)C1CC1. The summed E-state index contributed by atoms with van der Waals surface area (Å²) in [5.74, 6) is -0.196. The molecule has 0 bridgehead atoms. The second kappa shape index (κ2) is 5.31. The molecule has 112 valence electrons. The van der Waals surface area contributed by atoms with Gasteiger partial charge in [0.2, 0.25) is 0 Å². The van der Waals surface area contributed by atoms with Crippen LogP contribution in [-0.2, 0) is 0 Å². The molecule has 0 aromatic carbocycles. The van der Waals surface area contributed by atoms with Gasteiger partial charge in [-0.15, -0.1) is 0 Å². The number of nitrogens with one attached hydrogen (secondary N) is 1. The number of halogens is 1. The highest BCUT2D eigenvalue weighted by atomic mass is 79.9. The third kappa shape index (κ3) is 2.75. The van der Waals surface area contributed by atoms with Crippen molar-refractivity contribution in [2.75, 3.05) is 5.32 Å². The molecule has 0 spiro atoms. The summed E-state index contributed by atoms with van der Waals surface area (Å²) < 4.78 is 2.52. The Morgan fingerprint density at radius 2 is 2.33 bits per heavy atom. The molecule has 0 radical (unpaired) electrons. The molecule has 21 heavy (non-hydrogen) atoms. The molecule has 4 N–H and O–H groups in total. The first-order chi connectivity index (χ1) is 9.97. The average molecular weight is 353 g/mol. The lowest BCUT2D eigenvalue weighted by Gasteiger charge is -2.22. The highest BCUT2D eigenvalue weighted by Crippen LogP contribution is 2.35. The largest absolute Gasteiger partial charge is 0.391 e. The lowest BCUT2D eigenvalue weighted by molar-refractivity contribution is 0.1000. The zero-order valence-corrected chi connectivity index (χ0v) is 13.2. The van der Waals surface area contributed by atoms with Crippen LogP contribution in [0.3, 0.4) is 0 Å². The molecule has 1 saturated carbocycles. The van der Waals surface area contributed by atoms with Crippen LogP contribution in [0.5, 0.6) is 0 Å². The fourth-order valence-corrected chi connectivity index (χ4v) is 2.93. The van der Waals surface area contributed by atoms with Gasteiger partial charge in [0, 0.05) is 16.7 Å². The number of primary amides is 1. The van der Waals surface area contributed by atoms with Crippen LogP contribution in [0.15, 0.2) is 22.9 Å². The molecule has 1 aliphatic rings. The van der Waals surface area contributed by atoms with Gasteiger partial charge in [-0.2, -0.15) is 5.10 Å². The first-order valence-electron chi connectivity index (χ1n) is 6.88. The summed E-state index contributed by atoms with van der Waals surface area (Å²) in [5, 5.41) is 17.6. The van der Waals surface area contributed by atoms with Crippen LogP contribution in [0, 0.1) is 5.92 Å². The predicted molar refractivity (Wildman–Crippen MR) is 83.2 cm³/mol. The molecule has 2 aromatic rings. The average Bonchev–Trinajstić information content (AvgIpc) is 3.19. The van der Waals surface area contributed by atoms with Gasteiger partial charge in [-0.3, -0.25) is 4.79 Å². The first-order valence-corrected chi connectivity index (χ1v) is 7.68. The number of anilines is 1. The van der Waals surface area contributed by atoms with Crippen molar-refractivity contribution in [1.29, 1.82) is 0 Å². The predicted octanol–water partition coefficient (Wildman–Crippen LogP) is 1.77. The fourth-order valence-electron chi connectivity index (χ4n) is 2.52. The summed E-state index contributed by atoms with van der Waals surface area (Å²) >= 11 is 3.39. The maximum Gasteiger partial charge on any atom is 0.252 e. The standard InChI is InChI=1S/C14H17BrN4O2/c1-7(13(20)8-2-3-8)18-12-10(14(16)21)5-17-19-6-9(15)4-11(12)19/h4-8,13,18,20H,2-3H2,1H3,(H2,16,21)/t7-,13?/m1/s1. The van der Waals surface area contributed by atoms with Gasteiger partial charge in [0.25, 0.3) is 5.91 Å². The molecule has 2 aromatic heterocycles. The van der Waals surface area contributed by atoms with Crippen molar-refractivity contribution < 1.29 is 9.90 Å². The van der Waals surface area contributed by atoms with Gasteiger partial charge in [-0.25, -0.2) is 4.52 Å². The van der Waals surface area contributed by atoms with Crippen molar-refractivity contribution in [1.82, 2.24) is 9.61 Å². The summed E-state index contributed by atoms with van der Waals surface area (Å²) in [7, 11) is 0. The molecular formula is C14H17BrN4O2. The van der Waals surface area contributed by atoms with Crippen molar-refractivity contribution in [3.8, 4) is 0 Å². The minimum Gasteiger partial charge on any atom is -0.391 e. The third-order valence-corrected chi connectivity index (χ3v) is 4.29. The molecule has 1 aliphatic carbocycles. The molecule has 7 heteroatoms. The Bertz CT molecular complexity index is 696. The van der Waals surface area contributed by atoms with Gasteiger partial charge in [-0.05, 0) is 47.7 Å². The molecule has 0 aliphatic heterocycles. The van der Waals surface area contributed by atoms with E-state index in [1.165, 1.54) is 6.20 Å². The van der Waals surface area contributed by atoms with E-state index in [4.69, 9.17) is 5.73 Å². The molecule has 6 nitrogen and oxygen atoms in total. The van der Waals surface area contributed by atoms with Crippen LogP contribution in [0.25, 0.3) is 5.52 Å². The van der Waals surface area contributed by atoms with E-state index in [2.05, 4.69) is 26.3 Å². The zero-order chi connectivity index (χ0) is 15.1.